The molecule has 32 heavy (non-hydrogen) atoms. The van der Waals surface area contributed by atoms with Crippen molar-refractivity contribution in [3.8, 4) is 17.2 Å². The zero-order chi connectivity index (χ0) is 22.6. The summed E-state index contributed by atoms with van der Waals surface area (Å²) in [6.45, 7) is 0. The number of ether oxygens (including phenoxy) is 3. The van der Waals surface area contributed by atoms with Crippen molar-refractivity contribution in [3.05, 3.63) is 85.1 Å². The number of ketones is 1. The molecule has 0 saturated carbocycles. The van der Waals surface area contributed by atoms with Crippen LogP contribution in [0.4, 0.5) is 5.82 Å². The number of Topliss-reactive ketones (excluding diaryl/α,β-unsaturated/α-hetero) is 1. The number of benzene rings is 2. The molecule has 9 heteroatoms. The molecule has 3 N–H and O–H groups in total. The number of aromatic nitrogens is 2. The highest BCUT2D eigenvalue weighted by atomic mass is 16.5. The quantitative estimate of drug-likeness (QED) is 0.577. The number of allylic oxidation sites excluding steroid dienone is 1. The number of hydrogen-bond acceptors (Lipinski definition) is 7. The van der Waals surface area contributed by atoms with Crippen LogP contribution in [-0.2, 0) is 0 Å². The van der Waals surface area contributed by atoms with Crippen molar-refractivity contribution in [1.82, 2.24) is 9.97 Å². The number of nitrogens with one attached hydrogen (secondary N) is 3. The van der Waals surface area contributed by atoms with Crippen LogP contribution < -0.4 is 30.8 Å². The van der Waals surface area contributed by atoms with Gasteiger partial charge in [0, 0.05) is 22.6 Å². The van der Waals surface area contributed by atoms with E-state index < -0.39 is 17.2 Å². The predicted octanol–water partition coefficient (Wildman–Crippen LogP) is 2.25. The number of anilines is 1. The van der Waals surface area contributed by atoms with E-state index >= 15 is 0 Å². The molecule has 0 amide bonds. The van der Waals surface area contributed by atoms with Gasteiger partial charge >= 0.3 is 5.69 Å². The van der Waals surface area contributed by atoms with Gasteiger partial charge in [0.2, 0.25) is 5.75 Å². The van der Waals surface area contributed by atoms with E-state index in [0.29, 0.717) is 45.2 Å². The molecule has 2 heterocycles. The zero-order valence-electron chi connectivity index (χ0n) is 17.5. The van der Waals surface area contributed by atoms with E-state index in [0.717, 1.165) is 0 Å². The Morgan fingerprint density at radius 3 is 2.12 bits per heavy atom. The minimum Gasteiger partial charge on any atom is -0.493 e. The number of fused-ring (bicyclic) bond motifs is 3. The van der Waals surface area contributed by atoms with Gasteiger partial charge in [0.05, 0.1) is 32.6 Å². The first-order valence-electron chi connectivity index (χ1n) is 9.80. The van der Waals surface area contributed by atoms with E-state index in [1.165, 1.54) is 21.3 Å². The Morgan fingerprint density at radius 2 is 1.50 bits per heavy atom. The highest BCUT2D eigenvalue weighted by molar-refractivity contribution is 6.23. The standard InChI is InChI=1S/C23H19N3O6/c1-30-13-8-10(9-14(31-2)20(13)32-3)15-16-18(11-6-4-5-7-12(11)19(16)27)24-21-17(15)22(28)26-23(29)25-21/h4-9,15H,1-3H3,(H3,24,25,26,28,29)/t15-/m0/s1. The smallest absolute Gasteiger partial charge is 0.327 e. The number of methoxy groups -OCH3 is 3. The fourth-order valence-corrected chi connectivity index (χ4v) is 4.45. The van der Waals surface area contributed by atoms with E-state index in [1.54, 1.807) is 24.3 Å². The molecule has 0 saturated heterocycles. The average Bonchev–Trinajstić information content (AvgIpc) is 3.08. The number of H-pyrrole nitrogens is 2. The molecule has 1 aliphatic heterocycles. The van der Waals surface area contributed by atoms with Gasteiger partial charge in [-0.1, -0.05) is 24.3 Å². The lowest BCUT2D eigenvalue weighted by molar-refractivity contribution is 0.103. The van der Waals surface area contributed by atoms with E-state index in [2.05, 4.69) is 15.3 Å². The van der Waals surface area contributed by atoms with E-state index in [1.807, 2.05) is 12.1 Å². The molecule has 1 atom stereocenters. The molecule has 0 bridgehead atoms. The minimum atomic E-state index is -0.782. The topological polar surface area (TPSA) is 123 Å². The highest BCUT2D eigenvalue weighted by Crippen LogP contribution is 2.50. The summed E-state index contributed by atoms with van der Waals surface area (Å²) in [6.07, 6.45) is 0. The van der Waals surface area contributed by atoms with Gasteiger partial charge in [-0.15, -0.1) is 0 Å². The largest absolute Gasteiger partial charge is 0.493 e. The molecule has 3 aromatic rings. The Bertz CT molecular complexity index is 1410. The highest BCUT2D eigenvalue weighted by Gasteiger charge is 2.42. The van der Waals surface area contributed by atoms with Crippen LogP contribution in [0.15, 0.2) is 51.6 Å². The van der Waals surface area contributed by atoms with Crippen molar-refractivity contribution in [2.45, 2.75) is 5.92 Å². The maximum Gasteiger partial charge on any atom is 0.327 e. The second-order valence-electron chi connectivity index (χ2n) is 7.38. The summed E-state index contributed by atoms with van der Waals surface area (Å²) < 4.78 is 16.4. The molecular formula is C23H19N3O6. The van der Waals surface area contributed by atoms with Crippen molar-refractivity contribution < 1.29 is 19.0 Å². The molecule has 0 spiro atoms. The number of carbonyl (C=O) groups is 1. The molecule has 0 fully saturated rings. The van der Waals surface area contributed by atoms with Gasteiger partial charge in [-0.05, 0) is 17.7 Å². The van der Waals surface area contributed by atoms with Gasteiger partial charge in [0.25, 0.3) is 5.56 Å². The molecule has 1 aromatic heterocycles. The van der Waals surface area contributed by atoms with Crippen molar-refractivity contribution in [2.24, 2.45) is 0 Å². The lowest BCUT2D eigenvalue weighted by atomic mass is 9.81. The second kappa shape index (κ2) is 7.16. The molecule has 9 nitrogen and oxygen atoms in total. The summed E-state index contributed by atoms with van der Waals surface area (Å²) in [5, 5.41) is 3.10. The number of aromatic amines is 2. The maximum absolute atomic E-state index is 13.5. The van der Waals surface area contributed by atoms with Crippen LogP contribution >= 0.6 is 0 Å². The fraction of sp³-hybridized carbons (Fsp3) is 0.174. The SMILES string of the molecule is COc1cc([C@H]2C3=C(Nc4[nH]c(=O)[nH]c(=O)c42)c2ccccc2C3=O)cc(OC)c1OC. The lowest BCUT2D eigenvalue weighted by Crippen LogP contribution is -2.33. The Kier molecular flexibility index (Phi) is 4.40. The van der Waals surface area contributed by atoms with Crippen LogP contribution in [0.5, 0.6) is 17.2 Å². The Hall–Kier alpha value is -4.27. The molecule has 0 radical (unpaired) electrons. The molecule has 2 aliphatic rings. The van der Waals surface area contributed by atoms with E-state index in [4.69, 9.17) is 14.2 Å². The number of hydrogen-bond donors (Lipinski definition) is 3. The van der Waals surface area contributed by atoms with Crippen LogP contribution in [0, 0.1) is 0 Å². The molecule has 0 unspecified atom stereocenters. The van der Waals surface area contributed by atoms with E-state index in [9.17, 15) is 14.4 Å². The Balaban J connectivity index is 1.84. The summed E-state index contributed by atoms with van der Waals surface area (Å²) in [6, 6.07) is 10.6. The lowest BCUT2D eigenvalue weighted by Gasteiger charge is -2.28. The zero-order valence-corrected chi connectivity index (χ0v) is 17.5. The second-order valence-corrected chi connectivity index (χ2v) is 7.38. The summed E-state index contributed by atoms with van der Waals surface area (Å²) >= 11 is 0. The van der Waals surface area contributed by atoms with Crippen LogP contribution in [0.25, 0.3) is 5.70 Å². The first kappa shape index (κ1) is 19.7. The first-order chi connectivity index (χ1) is 15.5. The fourth-order valence-electron chi connectivity index (χ4n) is 4.45. The van der Waals surface area contributed by atoms with Crippen molar-refractivity contribution in [2.75, 3.05) is 26.6 Å². The van der Waals surface area contributed by atoms with Crippen LogP contribution in [-0.4, -0.2) is 37.1 Å². The van der Waals surface area contributed by atoms with E-state index in [-0.39, 0.29) is 17.2 Å². The van der Waals surface area contributed by atoms with Crippen molar-refractivity contribution in [1.29, 1.82) is 0 Å². The third kappa shape index (κ3) is 2.67. The number of carbonyl (C=O) groups excluding carboxylic acids is 1. The Morgan fingerprint density at radius 1 is 0.844 bits per heavy atom. The normalized spacial score (nSPS) is 16.1. The van der Waals surface area contributed by atoms with Crippen LogP contribution in [0.3, 0.4) is 0 Å². The summed E-state index contributed by atoms with van der Waals surface area (Å²) in [4.78, 5) is 43.3. The van der Waals surface area contributed by atoms with Gasteiger partial charge < -0.3 is 19.5 Å². The molecule has 1 aliphatic carbocycles. The third-order valence-corrected chi connectivity index (χ3v) is 5.78. The first-order valence-corrected chi connectivity index (χ1v) is 9.80. The summed E-state index contributed by atoms with van der Waals surface area (Å²) in [5.74, 6) is 0.411. The molecule has 162 valence electrons. The summed E-state index contributed by atoms with van der Waals surface area (Å²) in [7, 11) is 4.47. The van der Waals surface area contributed by atoms with Crippen molar-refractivity contribution >= 4 is 17.3 Å². The van der Waals surface area contributed by atoms with Crippen LogP contribution in [0.1, 0.15) is 33.0 Å². The molecule has 2 aromatic carbocycles. The average molecular weight is 433 g/mol. The van der Waals surface area contributed by atoms with Gasteiger partial charge in [0.15, 0.2) is 17.3 Å². The molecule has 5 rings (SSSR count). The molecular weight excluding hydrogens is 414 g/mol. The van der Waals surface area contributed by atoms with Crippen LogP contribution in [0.2, 0.25) is 0 Å². The monoisotopic (exact) mass is 433 g/mol. The van der Waals surface area contributed by atoms with Gasteiger partial charge in [0.1, 0.15) is 5.82 Å². The predicted molar refractivity (Wildman–Crippen MR) is 117 cm³/mol. The Labute approximate surface area is 181 Å². The van der Waals surface area contributed by atoms with Crippen molar-refractivity contribution in [3.63, 3.8) is 0 Å². The maximum atomic E-state index is 13.5. The third-order valence-electron chi connectivity index (χ3n) is 5.78. The van der Waals surface area contributed by atoms with Gasteiger partial charge in [-0.3, -0.25) is 19.6 Å². The number of rotatable bonds is 4. The minimum absolute atomic E-state index is 0.196. The van der Waals surface area contributed by atoms with Gasteiger partial charge in [-0.2, -0.15) is 0 Å². The van der Waals surface area contributed by atoms with Gasteiger partial charge in [-0.25, -0.2) is 4.79 Å². The summed E-state index contributed by atoms with van der Waals surface area (Å²) in [5.41, 5.74) is 1.75.